The quantitative estimate of drug-likeness (QED) is 0.693. The summed E-state index contributed by atoms with van der Waals surface area (Å²) >= 11 is 0. The van der Waals surface area contributed by atoms with Crippen LogP contribution in [0.4, 0.5) is 0 Å². The summed E-state index contributed by atoms with van der Waals surface area (Å²) < 4.78 is 30.2. The summed E-state index contributed by atoms with van der Waals surface area (Å²) in [5.41, 5.74) is 0.828. The average molecular weight is 315 g/mol. The highest BCUT2D eigenvalue weighted by Gasteiger charge is 2.18. The van der Waals surface area contributed by atoms with E-state index < -0.39 is 16.0 Å². The second-order valence-corrected chi connectivity index (χ2v) is 6.74. The first kappa shape index (κ1) is 17.6. The van der Waals surface area contributed by atoms with Crippen LogP contribution in [-0.2, 0) is 21.2 Å². The number of hydrogen-bond donors (Lipinski definition) is 1. The lowest BCUT2D eigenvalue weighted by atomic mass is 10.1. The lowest BCUT2D eigenvalue weighted by Crippen LogP contribution is -2.32. The van der Waals surface area contributed by atoms with Gasteiger partial charge in [-0.1, -0.05) is 18.2 Å². The minimum atomic E-state index is -3.37. The van der Waals surface area contributed by atoms with E-state index in [1.54, 1.807) is 25.1 Å². The molecule has 0 saturated heterocycles. The molecule has 0 fully saturated rings. The van der Waals surface area contributed by atoms with Gasteiger partial charge in [0.05, 0.1) is 17.9 Å². The smallest absolute Gasteiger partial charge is 0.335 e. The molecule has 0 bridgehead atoms. The van der Waals surface area contributed by atoms with E-state index in [4.69, 9.17) is 9.84 Å². The molecule has 0 unspecified atom stereocenters. The van der Waals surface area contributed by atoms with Crippen molar-refractivity contribution < 1.29 is 23.1 Å². The molecule has 0 aliphatic carbocycles. The van der Waals surface area contributed by atoms with Crippen molar-refractivity contribution >= 4 is 16.0 Å². The summed E-state index contributed by atoms with van der Waals surface area (Å²) in [6.07, 6.45) is 0.354. The van der Waals surface area contributed by atoms with Crippen molar-refractivity contribution in [2.24, 2.45) is 0 Å². The Bertz CT molecular complexity index is 570. The Kier molecular flexibility index (Phi) is 6.80. The first-order chi connectivity index (χ1) is 9.88. The van der Waals surface area contributed by atoms with Gasteiger partial charge in [-0.2, -0.15) is 0 Å². The molecule has 7 heteroatoms. The van der Waals surface area contributed by atoms with Gasteiger partial charge in [-0.15, -0.1) is 0 Å². The van der Waals surface area contributed by atoms with Gasteiger partial charge in [-0.3, -0.25) is 0 Å². The van der Waals surface area contributed by atoms with Crippen molar-refractivity contribution in [3.8, 4) is 0 Å². The number of carboxylic acids is 1. The van der Waals surface area contributed by atoms with E-state index in [2.05, 4.69) is 0 Å². The minimum absolute atomic E-state index is 0.0715. The maximum atomic E-state index is 12.0. The van der Waals surface area contributed by atoms with Gasteiger partial charge >= 0.3 is 5.97 Å². The normalized spacial score (nSPS) is 11.8. The number of carboxylic acid groups (broad SMARTS) is 1. The van der Waals surface area contributed by atoms with Crippen LogP contribution in [0.5, 0.6) is 0 Å². The maximum Gasteiger partial charge on any atom is 0.335 e. The molecule has 0 aliphatic heterocycles. The van der Waals surface area contributed by atoms with Crippen LogP contribution in [0, 0.1) is 0 Å². The molecule has 0 spiro atoms. The lowest BCUT2D eigenvalue weighted by molar-refractivity contribution is 0.0695. The third-order valence-electron chi connectivity index (χ3n) is 3.11. The lowest BCUT2D eigenvalue weighted by Gasteiger charge is -2.17. The Morgan fingerprint density at radius 2 is 2.00 bits per heavy atom. The molecule has 0 saturated carbocycles. The molecule has 1 aromatic rings. The van der Waals surface area contributed by atoms with Gasteiger partial charge in [0.15, 0.2) is 0 Å². The summed E-state index contributed by atoms with van der Waals surface area (Å²) in [4.78, 5) is 11.1. The summed E-state index contributed by atoms with van der Waals surface area (Å²) in [5, 5.41) is 9.09. The molecule has 0 amide bonds. The molecule has 6 nitrogen and oxygen atoms in total. The number of benzene rings is 1. The van der Waals surface area contributed by atoms with Crippen LogP contribution >= 0.6 is 0 Å². The second kappa shape index (κ2) is 8.11. The molecule has 1 aromatic carbocycles. The SMILES string of the molecule is CCOCCS(=O)(=O)N(C)CCc1ccccc1C(=O)O. The standard InChI is InChI=1S/C14H21NO5S/c1-3-20-10-11-21(18,19)15(2)9-8-12-6-4-5-7-13(12)14(16)17/h4-7H,3,8-11H2,1-2H3,(H,16,17). The third kappa shape index (κ3) is 5.45. The van der Waals surface area contributed by atoms with Crippen molar-refractivity contribution in [3.05, 3.63) is 35.4 Å². The van der Waals surface area contributed by atoms with E-state index in [0.29, 0.717) is 18.6 Å². The number of ether oxygens (including phenoxy) is 1. The zero-order valence-electron chi connectivity index (χ0n) is 12.3. The zero-order chi connectivity index (χ0) is 15.9. The predicted molar refractivity (Wildman–Crippen MR) is 80.0 cm³/mol. The summed E-state index contributed by atoms with van der Waals surface area (Å²) in [7, 11) is -1.88. The van der Waals surface area contributed by atoms with Crippen molar-refractivity contribution in [1.29, 1.82) is 0 Å². The van der Waals surface area contributed by atoms with E-state index in [0.717, 1.165) is 0 Å². The molecule has 1 N–H and O–H groups in total. The number of likely N-dealkylation sites (N-methyl/N-ethyl adjacent to an activating group) is 1. The van der Waals surface area contributed by atoms with Gasteiger partial charge in [-0.05, 0) is 25.0 Å². The Morgan fingerprint density at radius 3 is 2.62 bits per heavy atom. The number of sulfonamides is 1. The fraction of sp³-hybridized carbons (Fsp3) is 0.500. The number of rotatable bonds is 9. The molecule has 0 atom stereocenters. The van der Waals surface area contributed by atoms with E-state index in [-0.39, 0.29) is 24.5 Å². The Morgan fingerprint density at radius 1 is 1.33 bits per heavy atom. The highest BCUT2D eigenvalue weighted by Crippen LogP contribution is 2.11. The van der Waals surface area contributed by atoms with Crippen molar-refractivity contribution in [2.45, 2.75) is 13.3 Å². The number of nitrogens with zero attached hydrogens (tertiary/aromatic N) is 1. The second-order valence-electron chi connectivity index (χ2n) is 4.55. The van der Waals surface area contributed by atoms with Gasteiger partial charge in [-0.25, -0.2) is 17.5 Å². The third-order valence-corrected chi connectivity index (χ3v) is 4.92. The monoisotopic (exact) mass is 315 g/mol. The van der Waals surface area contributed by atoms with Crippen LogP contribution in [0.3, 0.4) is 0 Å². The molecule has 0 aromatic heterocycles. The van der Waals surface area contributed by atoms with E-state index in [1.165, 1.54) is 17.4 Å². The molecule has 1 rings (SSSR count). The highest BCUT2D eigenvalue weighted by molar-refractivity contribution is 7.89. The molecular formula is C14H21NO5S. The van der Waals surface area contributed by atoms with Crippen molar-refractivity contribution in [3.63, 3.8) is 0 Å². The number of carbonyl (C=O) groups is 1. The summed E-state index contributed by atoms with van der Waals surface area (Å²) in [6, 6.07) is 6.60. The fourth-order valence-electron chi connectivity index (χ4n) is 1.83. The zero-order valence-corrected chi connectivity index (χ0v) is 13.1. The van der Waals surface area contributed by atoms with Gasteiger partial charge < -0.3 is 9.84 Å². The van der Waals surface area contributed by atoms with Crippen LogP contribution in [0.1, 0.15) is 22.8 Å². The highest BCUT2D eigenvalue weighted by atomic mass is 32.2. The summed E-state index contributed by atoms with van der Waals surface area (Å²) in [6.45, 7) is 2.68. The average Bonchev–Trinajstić information content (AvgIpc) is 2.45. The maximum absolute atomic E-state index is 12.0. The fourth-order valence-corrected chi connectivity index (χ4v) is 2.84. The molecule has 0 heterocycles. The van der Waals surface area contributed by atoms with Gasteiger partial charge in [0, 0.05) is 20.2 Å². The van der Waals surface area contributed by atoms with E-state index in [9.17, 15) is 13.2 Å². The van der Waals surface area contributed by atoms with E-state index in [1.807, 2.05) is 0 Å². The van der Waals surface area contributed by atoms with Crippen LogP contribution < -0.4 is 0 Å². The first-order valence-electron chi connectivity index (χ1n) is 6.71. The molecule has 0 radical (unpaired) electrons. The predicted octanol–water partition coefficient (Wildman–Crippen LogP) is 1.23. The van der Waals surface area contributed by atoms with Gasteiger partial charge in [0.2, 0.25) is 10.0 Å². The Balaban J connectivity index is 2.64. The minimum Gasteiger partial charge on any atom is -0.478 e. The largest absolute Gasteiger partial charge is 0.478 e. The van der Waals surface area contributed by atoms with Crippen LogP contribution in [0.15, 0.2) is 24.3 Å². The first-order valence-corrected chi connectivity index (χ1v) is 8.32. The van der Waals surface area contributed by atoms with Gasteiger partial charge in [0.25, 0.3) is 0 Å². The number of aromatic carboxylic acids is 1. The topological polar surface area (TPSA) is 83.9 Å². The Hall–Kier alpha value is -1.44. The molecular weight excluding hydrogens is 294 g/mol. The van der Waals surface area contributed by atoms with Crippen LogP contribution in [0.25, 0.3) is 0 Å². The molecule has 118 valence electrons. The van der Waals surface area contributed by atoms with Crippen molar-refractivity contribution in [2.75, 3.05) is 32.6 Å². The summed E-state index contributed by atoms with van der Waals surface area (Å²) in [5.74, 6) is -1.08. The molecule has 21 heavy (non-hydrogen) atoms. The van der Waals surface area contributed by atoms with Gasteiger partial charge in [0.1, 0.15) is 0 Å². The van der Waals surface area contributed by atoms with Crippen LogP contribution in [-0.4, -0.2) is 56.4 Å². The number of hydrogen-bond acceptors (Lipinski definition) is 4. The van der Waals surface area contributed by atoms with Crippen molar-refractivity contribution in [1.82, 2.24) is 4.31 Å². The van der Waals surface area contributed by atoms with Crippen LogP contribution in [0.2, 0.25) is 0 Å². The van der Waals surface area contributed by atoms with E-state index >= 15 is 0 Å². The molecule has 0 aliphatic rings. The Labute approximate surface area is 125 Å².